The van der Waals surface area contributed by atoms with Gasteiger partial charge >= 0.3 is 0 Å². The Balaban J connectivity index is 1.89. The van der Waals surface area contributed by atoms with Crippen LogP contribution in [-0.2, 0) is 0 Å². The van der Waals surface area contributed by atoms with Crippen LogP contribution in [0, 0.1) is 0 Å². The molecule has 2 aromatic rings. The molecule has 0 bridgehead atoms. The molecule has 22 heavy (non-hydrogen) atoms. The average molecular weight is 363 g/mol. The molecular weight excluding hydrogens is 344 g/mol. The number of aromatic nitrogens is 2. The van der Waals surface area contributed by atoms with E-state index in [9.17, 15) is 4.79 Å². The summed E-state index contributed by atoms with van der Waals surface area (Å²) < 4.78 is 1.01. The Morgan fingerprint density at radius 2 is 1.82 bits per heavy atom. The van der Waals surface area contributed by atoms with E-state index in [4.69, 9.17) is 0 Å². The van der Waals surface area contributed by atoms with Crippen LogP contribution >= 0.6 is 15.9 Å². The summed E-state index contributed by atoms with van der Waals surface area (Å²) in [5, 5.41) is 5.95. The first kappa shape index (κ1) is 16.4. The Labute approximate surface area is 138 Å². The summed E-state index contributed by atoms with van der Waals surface area (Å²) in [5.41, 5.74) is 1.36. The second-order valence-electron chi connectivity index (χ2n) is 4.89. The maximum absolute atomic E-state index is 11.9. The van der Waals surface area contributed by atoms with E-state index in [-0.39, 0.29) is 5.91 Å². The van der Waals surface area contributed by atoms with Gasteiger partial charge in [-0.25, -0.2) is 9.97 Å². The molecule has 0 aliphatic heterocycles. The van der Waals surface area contributed by atoms with Crippen molar-refractivity contribution < 1.29 is 4.79 Å². The van der Waals surface area contributed by atoms with Crippen molar-refractivity contribution in [3.05, 3.63) is 46.7 Å². The number of hydrogen-bond acceptors (Lipinski definition) is 4. The number of hydrogen-bond donors (Lipinski definition) is 2. The smallest absolute Gasteiger partial charge is 0.254 e. The number of halogens is 1. The van der Waals surface area contributed by atoms with E-state index in [1.807, 2.05) is 24.3 Å². The molecule has 1 aromatic heterocycles. The van der Waals surface area contributed by atoms with Crippen LogP contribution in [0.25, 0.3) is 0 Å². The molecule has 0 aliphatic carbocycles. The number of nitrogens with one attached hydrogen (secondary N) is 2. The molecule has 116 valence electrons. The third kappa shape index (κ3) is 5.11. The van der Waals surface area contributed by atoms with E-state index in [1.165, 1.54) is 12.4 Å². The lowest BCUT2D eigenvalue weighted by Crippen LogP contribution is -2.24. The van der Waals surface area contributed by atoms with E-state index >= 15 is 0 Å². The van der Waals surface area contributed by atoms with Gasteiger partial charge in [0.15, 0.2) is 0 Å². The number of amides is 1. The highest BCUT2D eigenvalue weighted by Gasteiger charge is 2.06. The van der Waals surface area contributed by atoms with Crippen LogP contribution in [0.4, 0.5) is 11.6 Å². The minimum Gasteiger partial charge on any atom is -0.352 e. The molecule has 0 unspecified atom stereocenters. The molecule has 1 amide bonds. The fourth-order valence-corrected chi connectivity index (χ4v) is 2.12. The summed E-state index contributed by atoms with van der Waals surface area (Å²) in [6.07, 6.45) is 6.31. The zero-order valence-corrected chi connectivity index (χ0v) is 14.1. The first-order valence-corrected chi connectivity index (χ1v) is 8.11. The fraction of sp³-hybridized carbons (Fsp3) is 0.312. The lowest BCUT2D eigenvalue weighted by atomic mass is 10.2. The highest BCUT2D eigenvalue weighted by molar-refractivity contribution is 9.10. The predicted octanol–water partition coefficient (Wildman–Crippen LogP) is 3.90. The number of benzene rings is 1. The summed E-state index contributed by atoms with van der Waals surface area (Å²) in [7, 11) is 0. The van der Waals surface area contributed by atoms with Gasteiger partial charge in [0.05, 0.1) is 5.56 Å². The van der Waals surface area contributed by atoms with Crippen molar-refractivity contribution in [2.45, 2.75) is 26.2 Å². The van der Waals surface area contributed by atoms with Crippen LogP contribution in [0.3, 0.4) is 0 Å². The van der Waals surface area contributed by atoms with Gasteiger partial charge in [-0.15, -0.1) is 0 Å². The standard InChI is InChI=1S/C16H19BrN4O/c1-2-3-4-9-18-15(22)12-10-19-16(20-11-12)21-14-7-5-13(17)6-8-14/h5-8,10-11H,2-4,9H2,1H3,(H,18,22)(H,19,20,21). The van der Waals surface area contributed by atoms with E-state index in [0.717, 1.165) is 29.4 Å². The summed E-state index contributed by atoms with van der Waals surface area (Å²) in [5.74, 6) is 0.330. The van der Waals surface area contributed by atoms with Crippen LogP contribution in [0.15, 0.2) is 41.1 Å². The van der Waals surface area contributed by atoms with Crippen molar-refractivity contribution >= 4 is 33.5 Å². The van der Waals surface area contributed by atoms with Crippen LogP contribution in [0.5, 0.6) is 0 Å². The number of nitrogens with zero attached hydrogens (tertiary/aromatic N) is 2. The lowest BCUT2D eigenvalue weighted by molar-refractivity contribution is 0.0952. The fourth-order valence-electron chi connectivity index (χ4n) is 1.85. The molecule has 2 rings (SSSR count). The third-order valence-electron chi connectivity index (χ3n) is 3.08. The summed E-state index contributed by atoms with van der Waals surface area (Å²) in [6, 6.07) is 7.70. The number of anilines is 2. The summed E-state index contributed by atoms with van der Waals surface area (Å²) in [4.78, 5) is 20.2. The highest BCUT2D eigenvalue weighted by atomic mass is 79.9. The van der Waals surface area contributed by atoms with Crippen LogP contribution in [0.1, 0.15) is 36.5 Å². The zero-order chi connectivity index (χ0) is 15.8. The molecule has 0 saturated heterocycles. The van der Waals surface area contributed by atoms with Gasteiger partial charge in [0.2, 0.25) is 5.95 Å². The van der Waals surface area contributed by atoms with Crippen molar-refractivity contribution in [1.29, 1.82) is 0 Å². The molecule has 0 aliphatic rings. The Hall–Kier alpha value is -1.95. The third-order valence-corrected chi connectivity index (χ3v) is 3.61. The monoisotopic (exact) mass is 362 g/mol. The van der Waals surface area contributed by atoms with Crippen molar-refractivity contribution in [2.24, 2.45) is 0 Å². The Morgan fingerprint density at radius 3 is 2.45 bits per heavy atom. The second-order valence-corrected chi connectivity index (χ2v) is 5.81. The van der Waals surface area contributed by atoms with Gasteiger partial charge in [0.25, 0.3) is 5.91 Å². The topological polar surface area (TPSA) is 66.9 Å². The largest absolute Gasteiger partial charge is 0.352 e. The number of rotatable bonds is 7. The Kier molecular flexibility index (Phi) is 6.33. The maximum Gasteiger partial charge on any atom is 0.254 e. The maximum atomic E-state index is 11.9. The van der Waals surface area contributed by atoms with Gasteiger partial charge in [0, 0.05) is 29.1 Å². The van der Waals surface area contributed by atoms with E-state index in [0.29, 0.717) is 18.1 Å². The van der Waals surface area contributed by atoms with Gasteiger partial charge < -0.3 is 10.6 Å². The summed E-state index contributed by atoms with van der Waals surface area (Å²) >= 11 is 3.38. The Morgan fingerprint density at radius 1 is 1.14 bits per heavy atom. The predicted molar refractivity (Wildman–Crippen MR) is 91.3 cm³/mol. The minimum atomic E-state index is -0.133. The van der Waals surface area contributed by atoms with Gasteiger partial charge in [0.1, 0.15) is 0 Å². The summed E-state index contributed by atoms with van der Waals surface area (Å²) in [6.45, 7) is 2.82. The quantitative estimate of drug-likeness (QED) is 0.732. The molecular formula is C16H19BrN4O. The molecule has 0 fully saturated rings. The van der Waals surface area contributed by atoms with Crippen molar-refractivity contribution in [1.82, 2.24) is 15.3 Å². The van der Waals surface area contributed by atoms with Crippen molar-refractivity contribution in [3.8, 4) is 0 Å². The van der Waals surface area contributed by atoms with Crippen LogP contribution in [-0.4, -0.2) is 22.4 Å². The highest BCUT2D eigenvalue weighted by Crippen LogP contribution is 2.16. The van der Waals surface area contributed by atoms with Gasteiger partial charge in [-0.2, -0.15) is 0 Å². The average Bonchev–Trinajstić information content (AvgIpc) is 2.54. The van der Waals surface area contributed by atoms with Crippen LogP contribution < -0.4 is 10.6 Å². The van der Waals surface area contributed by atoms with E-state index in [1.54, 1.807) is 0 Å². The molecule has 6 heteroatoms. The van der Waals surface area contributed by atoms with Gasteiger partial charge in [-0.05, 0) is 30.7 Å². The second kappa shape index (κ2) is 8.48. The lowest BCUT2D eigenvalue weighted by Gasteiger charge is -2.06. The number of unbranched alkanes of at least 4 members (excludes halogenated alkanes) is 2. The molecule has 2 N–H and O–H groups in total. The molecule has 0 radical (unpaired) electrons. The molecule has 0 atom stereocenters. The zero-order valence-electron chi connectivity index (χ0n) is 12.5. The van der Waals surface area contributed by atoms with E-state index < -0.39 is 0 Å². The van der Waals surface area contributed by atoms with Gasteiger partial charge in [-0.1, -0.05) is 35.7 Å². The van der Waals surface area contributed by atoms with Crippen molar-refractivity contribution in [3.63, 3.8) is 0 Å². The first-order valence-electron chi connectivity index (χ1n) is 7.32. The molecule has 0 spiro atoms. The van der Waals surface area contributed by atoms with Crippen molar-refractivity contribution in [2.75, 3.05) is 11.9 Å². The Bertz CT molecular complexity index is 599. The molecule has 0 saturated carbocycles. The SMILES string of the molecule is CCCCCNC(=O)c1cnc(Nc2ccc(Br)cc2)nc1. The number of carbonyl (C=O) groups is 1. The molecule has 1 heterocycles. The molecule has 5 nitrogen and oxygen atoms in total. The normalized spacial score (nSPS) is 10.3. The number of carbonyl (C=O) groups excluding carboxylic acids is 1. The van der Waals surface area contributed by atoms with Gasteiger partial charge in [-0.3, -0.25) is 4.79 Å². The van der Waals surface area contributed by atoms with E-state index in [2.05, 4.69) is 43.5 Å². The molecule has 1 aromatic carbocycles. The van der Waals surface area contributed by atoms with Crippen LogP contribution in [0.2, 0.25) is 0 Å². The first-order chi connectivity index (χ1) is 10.7. The minimum absolute atomic E-state index is 0.133.